The van der Waals surface area contributed by atoms with E-state index in [-0.39, 0.29) is 11.8 Å². The molecule has 0 bridgehead atoms. The standard InChI is InChI=1S/C17H24O4/c1-12-5-6-15(21-2)13(9-12)14(18)10-17(11-16(19)20)7-3-4-8-17/h5-6,9,14,18H,3-4,7-8,10-11H2,1-2H3,(H,19,20). The lowest BCUT2D eigenvalue weighted by atomic mass is 9.76. The molecule has 1 saturated carbocycles. The van der Waals surface area contributed by atoms with E-state index in [1.54, 1.807) is 7.11 Å². The Morgan fingerprint density at radius 3 is 2.62 bits per heavy atom. The number of carboxylic acid groups (broad SMARTS) is 1. The number of aliphatic hydroxyl groups is 1. The predicted molar refractivity (Wildman–Crippen MR) is 80.5 cm³/mol. The van der Waals surface area contributed by atoms with Crippen molar-refractivity contribution in [3.8, 4) is 5.75 Å². The molecule has 0 spiro atoms. The van der Waals surface area contributed by atoms with Crippen molar-refractivity contribution >= 4 is 5.97 Å². The molecule has 1 aromatic carbocycles. The molecule has 4 nitrogen and oxygen atoms in total. The number of hydrogen-bond acceptors (Lipinski definition) is 3. The first-order valence-electron chi connectivity index (χ1n) is 7.50. The topological polar surface area (TPSA) is 66.8 Å². The third-order valence-electron chi connectivity index (χ3n) is 4.56. The average Bonchev–Trinajstić information content (AvgIpc) is 2.85. The van der Waals surface area contributed by atoms with Crippen LogP contribution in [0.15, 0.2) is 18.2 Å². The minimum absolute atomic E-state index is 0.137. The van der Waals surface area contributed by atoms with E-state index >= 15 is 0 Å². The van der Waals surface area contributed by atoms with Gasteiger partial charge in [-0.2, -0.15) is 0 Å². The van der Waals surface area contributed by atoms with Gasteiger partial charge in [-0.1, -0.05) is 24.5 Å². The van der Waals surface area contributed by atoms with Crippen molar-refractivity contribution in [2.75, 3.05) is 7.11 Å². The number of carbonyl (C=O) groups is 1. The fraction of sp³-hybridized carbons (Fsp3) is 0.588. The number of benzene rings is 1. The summed E-state index contributed by atoms with van der Waals surface area (Å²) in [5.74, 6) is -0.114. The van der Waals surface area contributed by atoms with Gasteiger partial charge in [-0.3, -0.25) is 4.79 Å². The molecule has 0 radical (unpaired) electrons. The van der Waals surface area contributed by atoms with Gasteiger partial charge in [0.25, 0.3) is 0 Å². The number of aliphatic hydroxyl groups excluding tert-OH is 1. The Balaban J connectivity index is 2.21. The average molecular weight is 292 g/mol. The van der Waals surface area contributed by atoms with Crippen molar-refractivity contribution in [2.45, 2.75) is 51.6 Å². The van der Waals surface area contributed by atoms with Crippen molar-refractivity contribution in [3.05, 3.63) is 29.3 Å². The van der Waals surface area contributed by atoms with Crippen LogP contribution in [0.3, 0.4) is 0 Å². The van der Waals surface area contributed by atoms with Crippen LogP contribution in [0.5, 0.6) is 5.75 Å². The maximum absolute atomic E-state index is 11.1. The largest absolute Gasteiger partial charge is 0.496 e. The zero-order valence-electron chi connectivity index (χ0n) is 12.8. The van der Waals surface area contributed by atoms with E-state index in [0.717, 1.165) is 36.8 Å². The fourth-order valence-electron chi connectivity index (χ4n) is 3.53. The third-order valence-corrected chi connectivity index (χ3v) is 4.56. The summed E-state index contributed by atoms with van der Waals surface area (Å²) in [4.78, 5) is 11.1. The SMILES string of the molecule is COc1ccc(C)cc1C(O)CC1(CC(=O)O)CCCC1. The van der Waals surface area contributed by atoms with E-state index in [1.165, 1.54) is 0 Å². The van der Waals surface area contributed by atoms with Crippen LogP contribution in [0.1, 0.15) is 55.8 Å². The smallest absolute Gasteiger partial charge is 0.303 e. The van der Waals surface area contributed by atoms with Crippen LogP contribution in [0, 0.1) is 12.3 Å². The van der Waals surface area contributed by atoms with Crippen molar-refractivity contribution in [2.24, 2.45) is 5.41 Å². The highest BCUT2D eigenvalue weighted by Gasteiger charge is 2.38. The van der Waals surface area contributed by atoms with Crippen molar-refractivity contribution in [1.82, 2.24) is 0 Å². The van der Waals surface area contributed by atoms with Gasteiger partial charge in [-0.25, -0.2) is 0 Å². The summed E-state index contributed by atoms with van der Waals surface area (Å²) in [6.45, 7) is 1.97. The van der Waals surface area contributed by atoms with Crippen LogP contribution in [0.25, 0.3) is 0 Å². The lowest BCUT2D eigenvalue weighted by molar-refractivity contribution is -0.140. The van der Waals surface area contributed by atoms with Gasteiger partial charge in [0.15, 0.2) is 0 Å². The van der Waals surface area contributed by atoms with Crippen molar-refractivity contribution < 1.29 is 19.7 Å². The summed E-state index contributed by atoms with van der Waals surface area (Å²) >= 11 is 0. The number of carboxylic acids is 1. The second-order valence-corrected chi connectivity index (χ2v) is 6.24. The highest BCUT2D eigenvalue weighted by atomic mass is 16.5. The number of ether oxygens (including phenoxy) is 1. The Morgan fingerprint density at radius 2 is 2.05 bits per heavy atom. The van der Waals surface area contributed by atoms with Crippen molar-refractivity contribution in [3.63, 3.8) is 0 Å². The van der Waals surface area contributed by atoms with E-state index in [2.05, 4.69) is 0 Å². The monoisotopic (exact) mass is 292 g/mol. The van der Waals surface area contributed by atoms with Gasteiger partial charge >= 0.3 is 5.97 Å². The number of aryl methyl sites for hydroxylation is 1. The summed E-state index contributed by atoms with van der Waals surface area (Å²) in [6.07, 6.45) is 3.79. The zero-order valence-corrected chi connectivity index (χ0v) is 12.8. The van der Waals surface area contributed by atoms with E-state index in [4.69, 9.17) is 9.84 Å². The molecule has 1 aliphatic carbocycles. The molecular weight excluding hydrogens is 268 g/mol. The molecule has 0 amide bonds. The Morgan fingerprint density at radius 1 is 1.38 bits per heavy atom. The molecule has 21 heavy (non-hydrogen) atoms. The molecular formula is C17H24O4. The lowest BCUT2D eigenvalue weighted by Crippen LogP contribution is -2.24. The molecule has 2 rings (SSSR count). The Kier molecular flexibility index (Phi) is 4.88. The molecule has 1 aromatic rings. The Hall–Kier alpha value is -1.55. The van der Waals surface area contributed by atoms with Crippen LogP contribution < -0.4 is 4.74 Å². The van der Waals surface area contributed by atoms with Gasteiger partial charge in [-0.05, 0) is 43.7 Å². The van der Waals surface area contributed by atoms with Gasteiger partial charge in [0.2, 0.25) is 0 Å². The maximum atomic E-state index is 11.1. The molecule has 0 saturated heterocycles. The van der Waals surface area contributed by atoms with Crippen LogP contribution in [-0.2, 0) is 4.79 Å². The summed E-state index contributed by atoms with van der Waals surface area (Å²) in [5, 5.41) is 19.8. The third kappa shape index (κ3) is 3.76. The van der Waals surface area contributed by atoms with Crippen LogP contribution in [0.2, 0.25) is 0 Å². The van der Waals surface area contributed by atoms with Crippen molar-refractivity contribution in [1.29, 1.82) is 0 Å². The molecule has 116 valence electrons. The molecule has 1 unspecified atom stereocenters. The minimum Gasteiger partial charge on any atom is -0.496 e. The van der Waals surface area contributed by atoms with E-state index < -0.39 is 12.1 Å². The van der Waals surface area contributed by atoms with E-state index in [1.807, 2.05) is 25.1 Å². The van der Waals surface area contributed by atoms with Crippen LogP contribution in [-0.4, -0.2) is 23.3 Å². The summed E-state index contributed by atoms with van der Waals surface area (Å²) < 4.78 is 5.32. The minimum atomic E-state index is -0.777. The molecule has 1 atom stereocenters. The number of rotatable bonds is 6. The molecule has 4 heteroatoms. The number of methoxy groups -OCH3 is 1. The normalized spacial score (nSPS) is 18.4. The lowest BCUT2D eigenvalue weighted by Gasteiger charge is -2.30. The quantitative estimate of drug-likeness (QED) is 0.842. The van der Waals surface area contributed by atoms with Crippen LogP contribution >= 0.6 is 0 Å². The molecule has 0 heterocycles. The predicted octanol–water partition coefficient (Wildman–Crippen LogP) is 3.46. The number of hydrogen-bond donors (Lipinski definition) is 2. The van der Waals surface area contributed by atoms with Crippen LogP contribution in [0.4, 0.5) is 0 Å². The van der Waals surface area contributed by atoms with Gasteiger partial charge in [-0.15, -0.1) is 0 Å². The highest BCUT2D eigenvalue weighted by molar-refractivity contribution is 5.67. The summed E-state index contributed by atoms with van der Waals surface area (Å²) in [6, 6.07) is 5.72. The van der Waals surface area contributed by atoms with Gasteiger partial charge < -0.3 is 14.9 Å². The van der Waals surface area contributed by atoms with E-state index in [9.17, 15) is 9.90 Å². The Labute approximate surface area is 125 Å². The first-order valence-corrected chi connectivity index (χ1v) is 7.50. The second kappa shape index (κ2) is 6.48. The Bertz CT molecular complexity index is 504. The molecule has 1 fully saturated rings. The first kappa shape index (κ1) is 15.8. The maximum Gasteiger partial charge on any atom is 0.303 e. The number of aliphatic carboxylic acids is 1. The molecule has 0 aromatic heterocycles. The van der Waals surface area contributed by atoms with Gasteiger partial charge in [0.1, 0.15) is 5.75 Å². The molecule has 1 aliphatic rings. The zero-order chi connectivity index (χ0) is 15.5. The molecule has 2 N–H and O–H groups in total. The van der Waals surface area contributed by atoms with E-state index in [0.29, 0.717) is 12.2 Å². The fourth-order valence-corrected chi connectivity index (χ4v) is 3.53. The van der Waals surface area contributed by atoms with Gasteiger partial charge in [0, 0.05) is 5.56 Å². The molecule has 0 aliphatic heterocycles. The summed E-state index contributed by atoms with van der Waals surface area (Å²) in [5.41, 5.74) is 1.54. The highest BCUT2D eigenvalue weighted by Crippen LogP contribution is 2.48. The first-order chi connectivity index (χ1) is 9.96. The summed E-state index contributed by atoms with van der Waals surface area (Å²) in [7, 11) is 1.59. The van der Waals surface area contributed by atoms with Gasteiger partial charge in [0.05, 0.1) is 19.6 Å². The second-order valence-electron chi connectivity index (χ2n) is 6.24.